The van der Waals surface area contributed by atoms with Gasteiger partial charge in [-0.05, 0) is 43.5 Å². The Bertz CT molecular complexity index is 912. The van der Waals surface area contributed by atoms with E-state index >= 15 is 0 Å². The minimum atomic E-state index is -1.15. The van der Waals surface area contributed by atoms with Gasteiger partial charge >= 0.3 is 0 Å². The number of ether oxygens (including phenoxy) is 2. The van der Waals surface area contributed by atoms with Gasteiger partial charge in [-0.2, -0.15) is 4.90 Å². The molecule has 0 spiro atoms. The molecule has 140 valence electrons. The molecule has 2 aromatic rings. The van der Waals surface area contributed by atoms with E-state index in [1.54, 1.807) is 0 Å². The minimum Gasteiger partial charge on any atom is -0.454 e. The summed E-state index contributed by atoms with van der Waals surface area (Å²) in [4.78, 5) is 2.07. The van der Waals surface area contributed by atoms with E-state index in [1.807, 2.05) is 42.5 Å². The molecule has 3 heterocycles. The van der Waals surface area contributed by atoms with Gasteiger partial charge in [-0.15, -0.1) is 0 Å². The van der Waals surface area contributed by atoms with Gasteiger partial charge in [0.05, 0.1) is 6.54 Å². The smallest absolute Gasteiger partial charge is 0.275 e. The monoisotopic (exact) mass is 385 g/mol. The van der Waals surface area contributed by atoms with E-state index < -0.39 is 5.72 Å². The van der Waals surface area contributed by atoms with Crippen molar-refractivity contribution in [2.75, 3.05) is 24.8 Å². The first-order chi connectivity index (χ1) is 13.1. The molecule has 0 unspecified atom stereocenters. The lowest BCUT2D eigenvalue weighted by Gasteiger charge is -2.29. The highest BCUT2D eigenvalue weighted by Crippen LogP contribution is 2.42. The van der Waals surface area contributed by atoms with Gasteiger partial charge in [0.25, 0.3) is 11.6 Å². The summed E-state index contributed by atoms with van der Waals surface area (Å²) in [5.41, 5.74) is 0.603. The minimum absolute atomic E-state index is 0.239. The Balaban J connectivity index is 1.63. The van der Waals surface area contributed by atoms with E-state index in [0.717, 1.165) is 48.6 Å². The molecule has 0 aromatic heterocycles. The molecule has 27 heavy (non-hydrogen) atoms. The molecule has 0 radical (unpaired) electrons. The Hall–Kier alpha value is -2.24. The van der Waals surface area contributed by atoms with Crippen molar-refractivity contribution < 1.29 is 19.2 Å². The van der Waals surface area contributed by atoms with Crippen molar-refractivity contribution in [3.05, 3.63) is 53.1 Å². The number of anilines is 1. The van der Waals surface area contributed by atoms with Crippen LogP contribution in [0.3, 0.4) is 0 Å². The van der Waals surface area contributed by atoms with Crippen molar-refractivity contribution in [1.29, 1.82) is 0 Å². The summed E-state index contributed by atoms with van der Waals surface area (Å²) in [5.74, 6) is 2.64. The fraction of sp³-hybridized carbons (Fsp3) is 0.381. The Kier molecular flexibility index (Phi) is 4.02. The third-order valence-corrected chi connectivity index (χ3v) is 5.91. The standard InChI is InChI=1S/C21H22ClN2O3/c22-16-7-5-15(6-8-16)21(25)13-23-11-3-1-2-4-20(23)24(21)17-9-10-18-19(12-17)27-14-26-18/h5-10,12,25H,1-4,11,13-14H2/q+1/t21-/m1/s1. The molecule has 0 saturated heterocycles. The summed E-state index contributed by atoms with van der Waals surface area (Å²) in [7, 11) is 0. The van der Waals surface area contributed by atoms with E-state index in [4.69, 9.17) is 21.1 Å². The average Bonchev–Trinajstić information content (AvgIpc) is 3.17. The number of nitrogens with zero attached hydrogens (tertiary/aromatic N) is 2. The van der Waals surface area contributed by atoms with Crippen LogP contribution in [-0.4, -0.2) is 35.4 Å². The summed E-state index contributed by atoms with van der Waals surface area (Å²) >= 11 is 6.08. The highest BCUT2D eigenvalue weighted by Gasteiger charge is 2.54. The Labute approximate surface area is 163 Å². The van der Waals surface area contributed by atoms with Crippen molar-refractivity contribution in [2.24, 2.45) is 0 Å². The summed E-state index contributed by atoms with van der Waals surface area (Å²) in [6.45, 7) is 1.74. The van der Waals surface area contributed by atoms with Crippen LogP contribution in [-0.2, 0) is 5.72 Å². The maximum absolute atomic E-state index is 11.9. The number of hydrogen-bond acceptors (Lipinski definition) is 4. The average molecular weight is 386 g/mol. The van der Waals surface area contributed by atoms with E-state index in [9.17, 15) is 5.11 Å². The number of fused-ring (bicyclic) bond motifs is 1. The number of halogens is 1. The van der Waals surface area contributed by atoms with Crippen LogP contribution in [0, 0.1) is 0 Å². The number of hydrogen-bond donors (Lipinski definition) is 1. The van der Waals surface area contributed by atoms with Gasteiger partial charge < -0.3 is 14.6 Å². The Morgan fingerprint density at radius 2 is 1.81 bits per heavy atom. The van der Waals surface area contributed by atoms with Crippen LogP contribution in [0.25, 0.3) is 0 Å². The Morgan fingerprint density at radius 1 is 1.00 bits per heavy atom. The predicted molar refractivity (Wildman–Crippen MR) is 104 cm³/mol. The lowest BCUT2D eigenvalue weighted by molar-refractivity contribution is -0.534. The molecule has 3 aliphatic rings. The molecule has 3 aliphatic heterocycles. The number of amidine groups is 1. The molecule has 2 aromatic carbocycles. The Morgan fingerprint density at radius 3 is 2.67 bits per heavy atom. The molecule has 0 amide bonds. The second-order valence-electron chi connectivity index (χ2n) is 7.34. The van der Waals surface area contributed by atoms with Crippen molar-refractivity contribution >= 4 is 23.1 Å². The first-order valence-electron chi connectivity index (χ1n) is 9.44. The van der Waals surface area contributed by atoms with Crippen LogP contribution in [0.5, 0.6) is 11.5 Å². The van der Waals surface area contributed by atoms with Crippen molar-refractivity contribution in [3.8, 4) is 11.5 Å². The zero-order valence-corrected chi connectivity index (χ0v) is 15.8. The van der Waals surface area contributed by atoms with E-state index in [1.165, 1.54) is 12.3 Å². The maximum Gasteiger partial charge on any atom is 0.275 e. The van der Waals surface area contributed by atoms with Gasteiger partial charge in [0.15, 0.2) is 18.0 Å². The third kappa shape index (κ3) is 2.77. The van der Waals surface area contributed by atoms with E-state index in [2.05, 4.69) is 9.48 Å². The molecule has 0 saturated carbocycles. The molecule has 5 rings (SSSR count). The normalized spacial score (nSPS) is 24.1. The van der Waals surface area contributed by atoms with Crippen LogP contribution in [0.2, 0.25) is 5.02 Å². The quantitative estimate of drug-likeness (QED) is 0.800. The van der Waals surface area contributed by atoms with Crippen LogP contribution in [0.15, 0.2) is 42.5 Å². The fourth-order valence-corrected chi connectivity index (χ4v) is 4.47. The first kappa shape index (κ1) is 16.9. The van der Waals surface area contributed by atoms with Crippen LogP contribution >= 0.6 is 11.6 Å². The number of aliphatic hydroxyl groups is 1. The molecule has 0 aliphatic carbocycles. The summed E-state index contributed by atoms with van der Waals surface area (Å²) in [5, 5.41) is 12.6. The maximum atomic E-state index is 11.9. The lowest BCUT2D eigenvalue weighted by atomic mass is 10.00. The summed E-state index contributed by atoms with van der Waals surface area (Å²) in [6.07, 6.45) is 4.44. The zero-order chi connectivity index (χ0) is 18.4. The largest absolute Gasteiger partial charge is 0.454 e. The number of rotatable bonds is 2. The predicted octanol–water partition coefficient (Wildman–Crippen LogP) is 3.72. The summed E-state index contributed by atoms with van der Waals surface area (Å²) in [6, 6.07) is 13.4. The molecular formula is C21H22ClN2O3+. The third-order valence-electron chi connectivity index (χ3n) is 5.65. The van der Waals surface area contributed by atoms with Crippen LogP contribution < -0.4 is 14.4 Å². The van der Waals surface area contributed by atoms with Crippen molar-refractivity contribution in [2.45, 2.75) is 31.4 Å². The second kappa shape index (κ2) is 6.43. The number of benzene rings is 2. The zero-order valence-electron chi connectivity index (χ0n) is 15.0. The second-order valence-corrected chi connectivity index (χ2v) is 7.78. The van der Waals surface area contributed by atoms with Crippen molar-refractivity contribution in [1.82, 2.24) is 0 Å². The van der Waals surface area contributed by atoms with E-state index in [-0.39, 0.29) is 6.79 Å². The van der Waals surface area contributed by atoms with Crippen molar-refractivity contribution in [3.63, 3.8) is 0 Å². The van der Waals surface area contributed by atoms with Gasteiger partial charge in [0.1, 0.15) is 5.69 Å². The molecule has 1 N–H and O–H groups in total. The molecule has 0 fully saturated rings. The molecule has 0 bridgehead atoms. The van der Waals surface area contributed by atoms with Gasteiger partial charge in [0.2, 0.25) is 6.79 Å². The first-order valence-corrected chi connectivity index (χ1v) is 9.82. The molecule has 6 heteroatoms. The van der Waals surface area contributed by atoms with Gasteiger partial charge in [-0.25, -0.2) is 0 Å². The van der Waals surface area contributed by atoms with E-state index in [0.29, 0.717) is 11.6 Å². The SMILES string of the molecule is O[C@@]1(c2ccc(Cl)cc2)C[N+]2=C(CCCCC2)N1c1ccc2c(c1)OCO2. The topological polar surface area (TPSA) is 44.9 Å². The fourth-order valence-electron chi connectivity index (χ4n) is 4.35. The molecule has 5 nitrogen and oxygen atoms in total. The lowest BCUT2D eigenvalue weighted by Crippen LogP contribution is -2.47. The van der Waals surface area contributed by atoms with Crippen LogP contribution in [0.4, 0.5) is 5.69 Å². The van der Waals surface area contributed by atoms with Crippen LogP contribution in [0.1, 0.15) is 31.2 Å². The molecule has 1 atom stereocenters. The van der Waals surface area contributed by atoms with Gasteiger partial charge in [-0.3, -0.25) is 4.58 Å². The highest BCUT2D eigenvalue weighted by atomic mass is 35.5. The summed E-state index contributed by atoms with van der Waals surface area (Å²) < 4.78 is 13.4. The van der Waals surface area contributed by atoms with Gasteiger partial charge in [0, 0.05) is 23.1 Å². The van der Waals surface area contributed by atoms with Gasteiger partial charge in [-0.1, -0.05) is 23.7 Å². The molecular weight excluding hydrogens is 364 g/mol. The highest BCUT2D eigenvalue weighted by molar-refractivity contribution is 6.30.